The van der Waals surface area contributed by atoms with Crippen molar-refractivity contribution in [2.45, 2.75) is 19.4 Å². The molecule has 3 N–H and O–H groups in total. The van der Waals surface area contributed by atoms with Crippen molar-refractivity contribution < 1.29 is 9.53 Å². The Balaban J connectivity index is 2.22. The van der Waals surface area contributed by atoms with Crippen LogP contribution in [0.3, 0.4) is 0 Å². The number of morpholine rings is 1. The van der Waals surface area contributed by atoms with Crippen molar-refractivity contribution in [3.05, 3.63) is 0 Å². The Kier molecular flexibility index (Phi) is 4.69. The molecule has 0 spiro atoms. The van der Waals surface area contributed by atoms with Gasteiger partial charge in [0.25, 0.3) is 0 Å². The van der Waals surface area contributed by atoms with Gasteiger partial charge in [-0.2, -0.15) is 0 Å². The number of rotatable bonds is 3. The second-order valence-electron chi connectivity index (χ2n) is 3.50. The van der Waals surface area contributed by atoms with Gasteiger partial charge in [-0.15, -0.1) is 0 Å². The first kappa shape index (κ1) is 11.3. The zero-order chi connectivity index (χ0) is 10.4. The predicted octanol–water partition coefficient (Wildman–Crippen LogP) is -0.234. The maximum Gasteiger partial charge on any atom is 0.317 e. The summed E-state index contributed by atoms with van der Waals surface area (Å²) in [6, 6.07) is -0.00593. The number of hydrogen-bond donors (Lipinski definition) is 2. The molecule has 0 aliphatic carbocycles. The van der Waals surface area contributed by atoms with E-state index in [0.717, 1.165) is 6.42 Å². The van der Waals surface area contributed by atoms with Gasteiger partial charge in [0, 0.05) is 19.6 Å². The van der Waals surface area contributed by atoms with E-state index < -0.39 is 0 Å². The SMILES string of the molecule is CC1CN(C(=O)NCCCN)CCO1. The van der Waals surface area contributed by atoms with Gasteiger partial charge in [-0.05, 0) is 19.9 Å². The minimum atomic E-state index is -0.00593. The summed E-state index contributed by atoms with van der Waals surface area (Å²) >= 11 is 0. The number of carbonyl (C=O) groups is 1. The molecule has 0 saturated carbocycles. The Bertz CT molecular complexity index is 187. The molecule has 1 aliphatic heterocycles. The first-order valence-electron chi connectivity index (χ1n) is 5.08. The number of nitrogens with two attached hydrogens (primary N) is 1. The zero-order valence-corrected chi connectivity index (χ0v) is 8.66. The van der Waals surface area contributed by atoms with Crippen molar-refractivity contribution in [2.75, 3.05) is 32.8 Å². The van der Waals surface area contributed by atoms with E-state index in [0.29, 0.717) is 32.8 Å². The lowest BCUT2D eigenvalue weighted by atomic mass is 10.3. The number of nitrogens with zero attached hydrogens (tertiary/aromatic N) is 1. The van der Waals surface area contributed by atoms with Gasteiger partial charge in [-0.1, -0.05) is 0 Å². The van der Waals surface area contributed by atoms with Gasteiger partial charge in [0.1, 0.15) is 0 Å². The molecule has 1 unspecified atom stereocenters. The molecule has 82 valence electrons. The molecule has 5 nitrogen and oxygen atoms in total. The second-order valence-corrected chi connectivity index (χ2v) is 3.50. The first-order valence-corrected chi connectivity index (χ1v) is 5.08. The first-order chi connectivity index (χ1) is 6.74. The Morgan fingerprint density at radius 1 is 1.71 bits per heavy atom. The molecule has 2 amide bonds. The molecule has 1 rings (SSSR count). The third-order valence-corrected chi connectivity index (χ3v) is 2.19. The number of hydrogen-bond acceptors (Lipinski definition) is 3. The van der Waals surface area contributed by atoms with Crippen LogP contribution >= 0.6 is 0 Å². The highest BCUT2D eigenvalue weighted by atomic mass is 16.5. The number of nitrogens with one attached hydrogen (secondary N) is 1. The molecule has 14 heavy (non-hydrogen) atoms. The molecular weight excluding hydrogens is 182 g/mol. The van der Waals surface area contributed by atoms with E-state index in [4.69, 9.17) is 10.5 Å². The molecule has 5 heteroatoms. The summed E-state index contributed by atoms with van der Waals surface area (Å²) in [4.78, 5) is 13.3. The lowest BCUT2D eigenvalue weighted by Crippen LogP contribution is -2.49. The maximum atomic E-state index is 11.5. The Morgan fingerprint density at radius 3 is 3.14 bits per heavy atom. The van der Waals surface area contributed by atoms with E-state index in [1.54, 1.807) is 4.90 Å². The summed E-state index contributed by atoms with van der Waals surface area (Å²) in [5.74, 6) is 0. The fraction of sp³-hybridized carbons (Fsp3) is 0.889. The van der Waals surface area contributed by atoms with Crippen molar-refractivity contribution in [1.82, 2.24) is 10.2 Å². The molecule has 1 aliphatic rings. The second kappa shape index (κ2) is 5.82. The van der Waals surface area contributed by atoms with Crippen molar-refractivity contribution in [1.29, 1.82) is 0 Å². The van der Waals surface area contributed by atoms with Crippen molar-refractivity contribution in [2.24, 2.45) is 5.73 Å². The minimum absolute atomic E-state index is 0.00593. The molecule has 1 atom stereocenters. The Hall–Kier alpha value is -0.810. The normalized spacial score (nSPS) is 22.1. The lowest BCUT2D eigenvalue weighted by molar-refractivity contribution is -0.00344. The van der Waals surface area contributed by atoms with Gasteiger partial charge in [0.2, 0.25) is 0 Å². The van der Waals surface area contributed by atoms with Crippen LogP contribution in [0.4, 0.5) is 4.79 Å². The van der Waals surface area contributed by atoms with Crippen LogP contribution in [0.1, 0.15) is 13.3 Å². The number of ether oxygens (including phenoxy) is 1. The van der Waals surface area contributed by atoms with E-state index in [1.165, 1.54) is 0 Å². The van der Waals surface area contributed by atoms with Crippen molar-refractivity contribution in [3.63, 3.8) is 0 Å². The molecule has 0 aromatic heterocycles. The highest BCUT2D eigenvalue weighted by Crippen LogP contribution is 2.03. The molecular formula is C9H19N3O2. The fourth-order valence-corrected chi connectivity index (χ4v) is 1.41. The third-order valence-electron chi connectivity index (χ3n) is 2.19. The van der Waals surface area contributed by atoms with Crippen LogP contribution in [0.2, 0.25) is 0 Å². The average Bonchev–Trinajstić information content (AvgIpc) is 2.18. The summed E-state index contributed by atoms with van der Waals surface area (Å²) < 4.78 is 5.34. The highest BCUT2D eigenvalue weighted by Gasteiger charge is 2.20. The summed E-state index contributed by atoms with van der Waals surface area (Å²) in [6.07, 6.45) is 0.968. The molecule has 0 aromatic rings. The molecule has 0 radical (unpaired) electrons. The van der Waals surface area contributed by atoms with Gasteiger partial charge in [-0.25, -0.2) is 4.79 Å². The summed E-state index contributed by atoms with van der Waals surface area (Å²) in [5.41, 5.74) is 5.33. The van der Waals surface area contributed by atoms with E-state index in [1.807, 2.05) is 6.92 Å². The topological polar surface area (TPSA) is 67.6 Å². The fourth-order valence-electron chi connectivity index (χ4n) is 1.41. The predicted molar refractivity (Wildman–Crippen MR) is 54.1 cm³/mol. The average molecular weight is 201 g/mol. The molecule has 1 heterocycles. The molecule has 0 bridgehead atoms. The van der Waals surface area contributed by atoms with Crippen molar-refractivity contribution in [3.8, 4) is 0 Å². The number of urea groups is 1. The smallest absolute Gasteiger partial charge is 0.317 e. The minimum Gasteiger partial charge on any atom is -0.375 e. The summed E-state index contributed by atoms with van der Waals surface area (Å²) in [6.45, 7) is 5.22. The molecule has 1 saturated heterocycles. The van der Waals surface area contributed by atoms with Crippen LogP contribution < -0.4 is 11.1 Å². The summed E-state index contributed by atoms with van der Waals surface area (Å²) in [7, 11) is 0. The molecule has 0 aromatic carbocycles. The standard InChI is InChI=1S/C9H19N3O2/c1-8-7-12(5-6-14-8)9(13)11-4-2-3-10/h8H,2-7,10H2,1H3,(H,11,13). The van der Waals surface area contributed by atoms with Gasteiger partial charge < -0.3 is 20.7 Å². The quantitative estimate of drug-likeness (QED) is 0.620. The number of carbonyl (C=O) groups excluding carboxylic acids is 1. The van der Waals surface area contributed by atoms with Crippen LogP contribution in [0.5, 0.6) is 0 Å². The Labute approximate surface area is 84.6 Å². The van der Waals surface area contributed by atoms with Crippen molar-refractivity contribution >= 4 is 6.03 Å². The van der Waals surface area contributed by atoms with E-state index in [-0.39, 0.29) is 12.1 Å². The largest absolute Gasteiger partial charge is 0.375 e. The van der Waals surface area contributed by atoms with Gasteiger partial charge >= 0.3 is 6.03 Å². The highest BCUT2D eigenvalue weighted by molar-refractivity contribution is 5.74. The zero-order valence-electron chi connectivity index (χ0n) is 8.66. The van der Waals surface area contributed by atoms with Crippen LogP contribution in [-0.2, 0) is 4.74 Å². The van der Waals surface area contributed by atoms with E-state index >= 15 is 0 Å². The third kappa shape index (κ3) is 3.51. The van der Waals surface area contributed by atoms with Gasteiger partial charge in [0.05, 0.1) is 12.7 Å². The maximum absolute atomic E-state index is 11.5. The van der Waals surface area contributed by atoms with Gasteiger partial charge in [-0.3, -0.25) is 0 Å². The Morgan fingerprint density at radius 2 is 2.50 bits per heavy atom. The molecule has 1 fully saturated rings. The monoisotopic (exact) mass is 201 g/mol. The summed E-state index contributed by atoms with van der Waals surface area (Å²) in [5, 5.41) is 2.83. The van der Waals surface area contributed by atoms with E-state index in [2.05, 4.69) is 5.32 Å². The van der Waals surface area contributed by atoms with Crippen LogP contribution in [0, 0.1) is 0 Å². The van der Waals surface area contributed by atoms with Crippen LogP contribution in [0.15, 0.2) is 0 Å². The lowest BCUT2D eigenvalue weighted by Gasteiger charge is -2.31. The van der Waals surface area contributed by atoms with Gasteiger partial charge in [0.15, 0.2) is 0 Å². The van der Waals surface area contributed by atoms with Crippen LogP contribution in [-0.4, -0.2) is 49.8 Å². The van der Waals surface area contributed by atoms with Crippen LogP contribution in [0.25, 0.3) is 0 Å². The van der Waals surface area contributed by atoms with E-state index in [9.17, 15) is 4.79 Å². The number of amides is 2.